The molecule has 0 aromatic heterocycles. The molecule has 2 unspecified atom stereocenters. The fourth-order valence-corrected chi connectivity index (χ4v) is 3.24. The lowest BCUT2D eigenvalue weighted by Crippen LogP contribution is -2.37. The molecule has 1 aliphatic heterocycles. The summed E-state index contributed by atoms with van der Waals surface area (Å²) in [4.78, 5) is 10.3. The largest absolute Gasteiger partial charge is 0.481 e. The van der Waals surface area contributed by atoms with E-state index in [0.29, 0.717) is 0 Å². The summed E-state index contributed by atoms with van der Waals surface area (Å²) in [5.41, 5.74) is 0. The van der Waals surface area contributed by atoms with E-state index in [1.54, 1.807) is 0 Å². The van der Waals surface area contributed by atoms with Gasteiger partial charge >= 0.3 is 5.97 Å². The van der Waals surface area contributed by atoms with Crippen molar-refractivity contribution in [3.05, 3.63) is 0 Å². The van der Waals surface area contributed by atoms with Gasteiger partial charge in [0.05, 0.1) is 24.0 Å². The second kappa shape index (κ2) is 3.63. The summed E-state index contributed by atoms with van der Waals surface area (Å²) in [7, 11) is -3.13. The van der Waals surface area contributed by atoms with E-state index in [2.05, 4.69) is 0 Å². The van der Waals surface area contributed by atoms with E-state index in [1.807, 2.05) is 0 Å². The van der Waals surface area contributed by atoms with Crippen LogP contribution >= 0.6 is 0 Å². The molecule has 0 bridgehead atoms. The fraction of sp³-hybridized carbons (Fsp3) is 0.857. The Hall–Kier alpha value is -0.620. The Labute approximate surface area is 76.3 Å². The first kappa shape index (κ1) is 10.5. The molecule has 1 fully saturated rings. The predicted molar refractivity (Wildman–Crippen MR) is 45.0 cm³/mol. The number of aliphatic hydroxyl groups is 1. The molecule has 2 atom stereocenters. The zero-order valence-electron chi connectivity index (χ0n) is 7.01. The van der Waals surface area contributed by atoms with Crippen LogP contribution in [0.3, 0.4) is 0 Å². The average Bonchev–Trinajstić information content (AvgIpc) is 1.95. The van der Waals surface area contributed by atoms with Gasteiger partial charge in [-0.3, -0.25) is 4.79 Å². The lowest BCUT2D eigenvalue weighted by molar-refractivity contribution is -0.138. The molecular formula is C7H12O5S. The number of hydrogen-bond acceptors (Lipinski definition) is 4. The maximum absolute atomic E-state index is 11.1. The highest BCUT2D eigenvalue weighted by Crippen LogP contribution is 2.21. The van der Waals surface area contributed by atoms with Crippen LogP contribution in [0.4, 0.5) is 0 Å². The first-order valence-corrected chi connectivity index (χ1v) is 5.83. The highest BCUT2D eigenvalue weighted by atomic mass is 32.2. The van der Waals surface area contributed by atoms with Crippen LogP contribution in [0.1, 0.15) is 12.8 Å². The van der Waals surface area contributed by atoms with Crippen LogP contribution in [0, 0.1) is 5.92 Å². The van der Waals surface area contributed by atoms with E-state index >= 15 is 0 Å². The highest BCUT2D eigenvalue weighted by molar-refractivity contribution is 7.91. The summed E-state index contributed by atoms with van der Waals surface area (Å²) in [6, 6.07) is 0. The Kier molecular flexibility index (Phi) is 2.92. The number of carbonyl (C=O) groups is 1. The molecule has 0 aromatic rings. The maximum atomic E-state index is 11.1. The summed E-state index contributed by atoms with van der Waals surface area (Å²) < 4.78 is 22.2. The molecule has 1 saturated heterocycles. The molecule has 0 spiro atoms. The Balaban J connectivity index is 2.66. The number of sulfone groups is 1. The van der Waals surface area contributed by atoms with Crippen molar-refractivity contribution in [2.45, 2.75) is 18.9 Å². The third-order valence-corrected chi connectivity index (χ3v) is 3.97. The minimum atomic E-state index is -3.13. The van der Waals surface area contributed by atoms with Gasteiger partial charge < -0.3 is 10.2 Å². The SMILES string of the molecule is O=C(O)CC1CS(=O)(=O)CCC1O. The first-order valence-electron chi connectivity index (χ1n) is 4.01. The van der Waals surface area contributed by atoms with Crippen LogP contribution in [0.2, 0.25) is 0 Å². The molecule has 5 nitrogen and oxygen atoms in total. The molecule has 2 N–H and O–H groups in total. The third kappa shape index (κ3) is 2.96. The van der Waals surface area contributed by atoms with Crippen molar-refractivity contribution in [1.82, 2.24) is 0 Å². The number of hydrogen-bond donors (Lipinski definition) is 2. The molecule has 1 rings (SSSR count). The van der Waals surface area contributed by atoms with E-state index in [1.165, 1.54) is 0 Å². The fourth-order valence-electron chi connectivity index (χ4n) is 1.48. The summed E-state index contributed by atoms with van der Waals surface area (Å²) in [6.45, 7) is 0. The Morgan fingerprint density at radius 2 is 2.08 bits per heavy atom. The molecule has 76 valence electrons. The summed E-state index contributed by atoms with van der Waals surface area (Å²) in [5, 5.41) is 17.8. The highest BCUT2D eigenvalue weighted by Gasteiger charge is 2.33. The van der Waals surface area contributed by atoms with Crippen LogP contribution in [0.25, 0.3) is 0 Å². The van der Waals surface area contributed by atoms with Gasteiger partial charge in [0, 0.05) is 5.92 Å². The molecule has 0 saturated carbocycles. The van der Waals surface area contributed by atoms with E-state index in [4.69, 9.17) is 5.11 Å². The monoisotopic (exact) mass is 208 g/mol. The lowest BCUT2D eigenvalue weighted by Gasteiger charge is -2.25. The minimum absolute atomic E-state index is 0.0374. The van der Waals surface area contributed by atoms with Gasteiger partial charge in [0.15, 0.2) is 9.84 Å². The van der Waals surface area contributed by atoms with E-state index in [9.17, 15) is 18.3 Å². The Morgan fingerprint density at radius 3 is 2.62 bits per heavy atom. The number of aliphatic hydroxyl groups excluding tert-OH is 1. The molecule has 0 amide bonds. The maximum Gasteiger partial charge on any atom is 0.303 e. The van der Waals surface area contributed by atoms with Crippen molar-refractivity contribution in [3.8, 4) is 0 Å². The average molecular weight is 208 g/mol. The Bertz CT molecular complexity index is 294. The molecule has 6 heteroatoms. The number of aliphatic carboxylic acids is 1. The Morgan fingerprint density at radius 1 is 1.46 bits per heavy atom. The van der Waals surface area contributed by atoms with Gasteiger partial charge in [-0.2, -0.15) is 0 Å². The van der Waals surface area contributed by atoms with Crippen molar-refractivity contribution in [1.29, 1.82) is 0 Å². The van der Waals surface area contributed by atoms with Crippen molar-refractivity contribution >= 4 is 15.8 Å². The van der Waals surface area contributed by atoms with Crippen LogP contribution in [-0.2, 0) is 14.6 Å². The summed E-state index contributed by atoms with van der Waals surface area (Å²) >= 11 is 0. The molecule has 0 radical (unpaired) electrons. The third-order valence-electron chi connectivity index (χ3n) is 2.17. The van der Waals surface area contributed by atoms with Crippen molar-refractivity contribution in [2.75, 3.05) is 11.5 Å². The van der Waals surface area contributed by atoms with Gasteiger partial charge in [0.25, 0.3) is 0 Å². The topological polar surface area (TPSA) is 91.7 Å². The minimum Gasteiger partial charge on any atom is -0.481 e. The molecule has 1 heterocycles. The number of carboxylic acids is 1. The smallest absolute Gasteiger partial charge is 0.303 e. The van der Waals surface area contributed by atoms with Gasteiger partial charge in [0.2, 0.25) is 0 Å². The molecule has 13 heavy (non-hydrogen) atoms. The van der Waals surface area contributed by atoms with Gasteiger partial charge in [0.1, 0.15) is 0 Å². The van der Waals surface area contributed by atoms with Gasteiger partial charge in [-0.15, -0.1) is 0 Å². The molecular weight excluding hydrogens is 196 g/mol. The van der Waals surface area contributed by atoms with Crippen molar-refractivity contribution in [2.24, 2.45) is 5.92 Å². The standard InChI is InChI=1S/C7H12O5S/c8-6-1-2-13(11,12)4-5(6)3-7(9)10/h5-6,8H,1-4H2,(H,9,10). The van der Waals surface area contributed by atoms with E-state index in [-0.39, 0.29) is 24.3 Å². The number of rotatable bonds is 2. The van der Waals surface area contributed by atoms with Gasteiger partial charge in [-0.25, -0.2) is 8.42 Å². The lowest BCUT2D eigenvalue weighted by atomic mass is 9.98. The van der Waals surface area contributed by atoms with E-state index in [0.717, 1.165) is 0 Å². The van der Waals surface area contributed by atoms with Gasteiger partial charge in [-0.05, 0) is 6.42 Å². The summed E-state index contributed by atoms with van der Waals surface area (Å²) in [5.74, 6) is -1.96. The van der Waals surface area contributed by atoms with E-state index < -0.39 is 27.8 Å². The first-order chi connectivity index (χ1) is 5.91. The summed E-state index contributed by atoms with van der Waals surface area (Å²) in [6.07, 6.45) is -0.916. The molecule has 0 aliphatic carbocycles. The quantitative estimate of drug-likeness (QED) is 0.623. The van der Waals surface area contributed by atoms with Crippen molar-refractivity contribution in [3.63, 3.8) is 0 Å². The second-order valence-electron chi connectivity index (χ2n) is 3.33. The van der Waals surface area contributed by atoms with Crippen molar-refractivity contribution < 1.29 is 23.4 Å². The normalized spacial score (nSPS) is 32.7. The second-order valence-corrected chi connectivity index (χ2v) is 5.56. The molecule has 1 aliphatic rings. The zero-order valence-corrected chi connectivity index (χ0v) is 7.83. The number of carboxylic acid groups (broad SMARTS) is 1. The van der Waals surface area contributed by atoms with Crippen LogP contribution < -0.4 is 0 Å². The molecule has 0 aromatic carbocycles. The van der Waals surface area contributed by atoms with Crippen LogP contribution in [0.5, 0.6) is 0 Å². The predicted octanol–water partition coefficient (Wildman–Crippen LogP) is -0.743. The van der Waals surface area contributed by atoms with Gasteiger partial charge in [-0.1, -0.05) is 0 Å². The van der Waals surface area contributed by atoms with Crippen LogP contribution in [-0.4, -0.2) is 42.2 Å². The zero-order chi connectivity index (χ0) is 10.1. The van der Waals surface area contributed by atoms with Crippen LogP contribution in [0.15, 0.2) is 0 Å².